The molecule has 3 aromatic rings. The zero-order valence-corrected chi connectivity index (χ0v) is 14.1. The molecule has 0 radical (unpaired) electrons. The van der Waals surface area contributed by atoms with Crippen molar-refractivity contribution in [1.82, 2.24) is 10.3 Å². The van der Waals surface area contributed by atoms with Crippen LogP contribution in [-0.4, -0.2) is 30.6 Å². The van der Waals surface area contributed by atoms with Gasteiger partial charge in [0.2, 0.25) is 0 Å². The molecule has 4 heteroatoms. The summed E-state index contributed by atoms with van der Waals surface area (Å²) in [6.07, 6.45) is 4.04. The predicted octanol–water partition coefficient (Wildman–Crippen LogP) is 3.99. The summed E-state index contributed by atoms with van der Waals surface area (Å²) in [7, 11) is 0. The number of benzene rings is 2. The van der Waals surface area contributed by atoms with Crippen molar-refractivity contribution in [3.63, 3.8) is 0 Å². The first kappa shape index (κ1) is 15.9. The summed E-state index contributed by atoms with van der Waals surface area (Å²) in [5.74, 6) is 0.580. The standard InChI is InChI=1S/C21H22N2O2/c24-21(23-10-7-15-9-12-25-14-15)18-4-1-16(2-5-18)19-6-3-17-8-11-22-20(17)13-19/h1-6,8,11,13,15,22H,7,9-10,12,14H2,(H,23,24). The Bertz CT molecular complexity index is 861. The molecule has 1 atom stereocenters. The molecular weight excluding hydrogens is 312 g/mol. The fourth-order valence-corrected chi connectivity index (χ4v) is 3.34. The van der Waals surface area contributed by atoms with E-state index in [2.05, 4.69) is 34.6 Å². The lowest BCUT2D eigenvalue weighted by molar-refractivity contribution is 0.0950. The molecule has 1 aromatic heterocycles. The zero-order chi connectivity index (χ0) is 17.1. The maximum Gasteiger partial charge on any atom is 0.251 e. The molecule has 4 rings (SSSR count). The lowest BCUT2D eigenvalue weighted by Gasteiger charge is -2.09. The second-order valence-corrected chi connectivity index (χ2v) is 6.63. The summed E-state index contributed by atoms with van der Waals surface area (Å²) in [6, 6.07) is 16.2. The molecular formula is C21H22N2O2. The van der Waals surface area contributed by atoms with E-state index in [4.69, 9.17) is 4.74 Å². The van der Waals surface area contributed by atoms with Gasteiger partial charge in [-0.05, 0) is 59.5 Å². The number of fused-ring (bicyclic) bond motifs is 1. The smallest absolute Gasteiger partial charge is 0.251 e. The Labute approximate surface area is 147 Å². The Balaban J connectivity index is 1.39. The molecule has 25 heavy (non-hydrogen) atoms. The minimum Gasteiger partial charge on any atom is -0.381 e. The van der Waals surface area contributed by atoms with Crippen molar-refractivity contribution in [2.24, 2.45) is 5.92 Å². The minimum absolute atomic E-state index is 0.00900. The second kappa shape index (κ2) is 7.11. The number of carbonyl (C=O) groups excluding carboxylic acids is 1. The summed E-state index contributed by atoms with van der Waals surface area (Å²) in [4.78, 5) is 15.5. The second-order valence-electron chi connectivity index (χ2n) is 6.63. The van der Waals surface area contributed by atoms with E-state index in [-0.39, 0.29) is 5.91 Å². The fourth-order valence-electron chi connectivity index (χ4n) is 3.34. The van der Waals surface area contributed by atoms with Crippen LogP contribution < -0.4 is 5.32 Å². The minimum atomic E-state index is -0.00900. The van der Waals surface area contributed by atoms with Crippen molar-refractivity contribution >= 4 is 16.8 Å². The molecule has 0 aliphatic carbocycles. The molecule has 2 N–H and O–H groups in total. The van der Waals surface area contributed by atoms with E-state index < -0.39 is 0 Å². The molecule has 1 amide bonds. The van der Waals surface area contributed by atoms with Gasteiger partial charge in [0.15, 0.2) is 0 Å². The first-order valence-electron chi connectivity index (χ1n) is 8.83. The maximum atomic E-state index is 12.3. The molecule has 0 spiro atoms. The molecule has 1 aliphatic rings. The highest BCUT2D eigenvalue weighted by atomic mass is 16.5. The summed E-state index contributed by atoms with van der Waals surface area (Å²) in [5, 5.41) is 4.21. The van der Waals surface area contributed by atoms with Crippen LogP contribution in [0.1, 0.15) is 23.2 Å². The van der Waals surface area contributed by atoms with Gasteiger partial charge in [0.05, 0.1) is 0 Å². The van der Waals surface area contributed by atoms with E-state index in [1.54, 1.807) is 0 Å². The van der Waals surface area contributed by atoms with Crippen LogP contribution in [0.15, 0.2) is 54.7 Å². The number of nitrogens with one attached hydrogen (secondary N) is 2. The molecule has 2 heterocycles. The highest BCUT2D eigenvalue weighted by molar-refractivity contribution is 5.94. The Morgan fingerprint density at radius 3 is 2.76 bits per heavy atom. The summed E-state index contributed by atoms with van der Waals surface area (Å²) < 4.78 is 5.36. The van der Waals surface area contributed by atoms with E-state index >= 15 is 0 Å². The quantitative estimate of drug-likeness (QED) is 0.741. The first-order chi connectivity index (χ1) is 12.3. The topological polar surface area (TPSA) is 54.1 Å². The van der Waals surface area contributed by atoms with E-state index in [1.807, 2.05) is 30.5 Å². The highest BCUT2D eigenvalue weighted by Gasteiger charge is 2.15. The van der Waals surface area contributed by atoms with Gasteiger partial charge in [0.1, 0.15) is 0 Å². The number of aromatic nitrogens is 1. The molecule has 0 bridgehead atoms. The Morgan fingerprint density at radius 2 is 1.96 bits per heavy atom. The van der Waals surface area contributed by atoms with Gasteiger partial charge in [-0.15, -0.1) is 0 Å². The molecule has 1 unspecified atom stereocenters. The number of hydrogen-bond donors (Lipinski definition) is 2. The van der Waals surface area contributed by atoms with Gasteiger partial charge in [-0.2, -0.15) is 0 Å². The lowest BCUT2D eigenvalue weighted by atomic mass is 10.0. The Kier molecular flexibility index (Phi) is 4.53. The predicted molar refractivity (Wildman–Crippen MR) is 99.6 cm³/mol. The van der Waals surface area contributed by atoms with Crippen molar-refractivity contribution < 1.29 is 9.53 Å². The van der Waals surface area contributed by atoms with Crippen LogP contribution in [0.4, 0.5) is 0 Å². The highest BCUT2D eigenvalue weighted by Crippen LogP contribution is 2.24. The van der Waals surface area contributed by atoms with Crippen molar-refractivity contribution in [3.8, 4) is 11.1 Å². The van der Waals surface area contributed by atoms with Crippen LogP contribution in [0.3, 0.4) is 0 Å². The number of amides is 1. The van der Waals surface area contributed by atoms with Crippen LogP contribution in [0, 0.1) is 5.92 Å². The number of ether oxygens (including phenoxy) is 1. The zero-order valence-electron chi connectivity index (χ0n) is 14.1. The van der Waals surface area contributed by atoms with E-state index in [1.165, 1.54) is 5.39 Å². The van der Waals surface area contributed by atoms with E-state index in [0.717, 1.165) is 42.7 Å². The van der Waals surface area contributed by atoms with Gasteiger partial charge in [-0.25, -0.2) is 0 Å². The van der Waals surface area contributed by atoms with Crippen molar-refractivity contribution in [2.75, 3.05) is 19.8 Å². The number of rotatable bonds is 5. The lowest BCUT2D eigenvalue weighted by Crippen LogP contribution is -2.26. The van der Waals surface area contributed by atoms with Gasteiger partial charge in [-0.3, -0.25) is 4.79 Å². The average molecular weight is 334 g/mol. The first-order valence-corrected chi connectivity index (χ1v) is 8.83. The summed E-state index contributed by atoms with van der Waals surface area (Å²) >= 11 is 0. The SMILES string of the molecule is O=C(NCCC1CCOC1)c1ccc(-c2ccc3cc[nH]c3c2)cc1. The molecule has 1 fully saturated rings. The molecule has 0 saturated carbocycles. The van der Waals surface area contributed by atoms with E-state index in [0.29, 0.717) is 18.0 Å². The molecule has 4 nitrogen and oxygen atoms in total. The van der Waals surface area contributed by atoms with Crippen LogP contribution in [0.2, 0.25) is 0 Å². The third-order valence-electron chi connectivity index (χ3n) is 4.90. The number of hydrogen-bond acceptors (Lipinski definition) is 2. The van der Waals surface area contributed by atoms with Crippen molar-refractivity contribution in [3.05, 3.63) is 60.3 Å². The van der Waals surface area contributed by atoms with Gasteiger partial charge in [0.25, 0.3) is 5.91 Å². The monoisotopic (exact) mass is 334 g/mol. The third kappa shape index (κ3) is 3.59. The van der Waals surface area contributed by atoms with Crippen LogP contribution in [0.5, 0.6) is 0 Å². The van der Waals surface area contributed by atoms with E-state index in [9.17, 15) is 4.79 Å². The van der Waals surface area contributed by atoms with Crippen molar-refractivity contribution in [1.29, 1.82) is 0 Å². The van der Waals surface area contributed by atoms with Gasteiger partial charge >= 0.3 is 0 Å². The fraction of sp³-hybridized carbons (Fsp3) is 0.286. The van der Waals surface area contributed by atoms with Gasteiger partial charge in [-0.1, -0.05) is 24.3 Å². The Hall–Kier alpha value is -2.59. The number of aromatic amines is 1. The van der Waals surface area contributed by atoms with Crippen LogP contribution in [0.25, 0.3) is 22.0 Å². The Morgan fingerprint density at radius 1 is 1.12 bits per heavy atom. The molecule has 2 aromatic carbocycles. The largest absolute Gasteiger partial charge is 0.381 e. The van der Waals surface area contributed by atoms with Crippen LogP contribution >= 0.6 is 0 Å². The molecule has 1 saturated heterocycles. The summed E-state index contributed by atoms with van der Waals surface area (Å²) in [5.41, 5.74) is 4.07. The average Bonchev–Trinajstić information content (AvgIpc) is 3.32. The number of H-pyrrole nitrogens is 1. The normalized spacial score (nSPS) is 17.0. The van der Waals surface area contributed by atoms with Gasteiger partial charge in [0, 0.05) is 37.0 Å². The van der Waals surface area contributed by atoms with Crippen molar-refractivity contribution in [2.45, 2.75) is 12.8 Å². The maximum absolute atomic E-state index is 12.3. The molecule has 128 valence electrons. The summed E-state index contributed by atoms with van der Waals surface area (Å²) in [6.45, 7) is 2.39. The van der Waals surface area contributed by atoms with Gasteiger partial charge < -0.3 is 15.0 Å². The van der Waals surface area contributed by atoms with Crippen LogP contribution in [-0.2, 0) is 4.74 Å². The molecule has 1 aliphatic heterocycles. The third-order valence-corrected chi connectivity index (χ3v) is 4.90. The number of carbonyl (C=O) groups is 1.